The summed E-state index contributed by atoms with van der Waals surface area (Å²) >= 11 is 5.62. The van der Waals surface area contributed by atoms with Crippen LogP contribution in [-0.4, -0.2) is 10.1 Å². The Hall–Kier alpha value is -1.81. The van der Waals surface area contributed by atoms with Gasteiger partial charge < -0.3 is 9.84 Å². The van der Waals surface area contributed by atoms with Crippen LogP contribution in [0.1, 0.15) is 5.56 Å². The fourth-order valence-corrected chi connectivity index (χ4v) is 1.46. The number of hydrogen-bond donors (Lipinski definition) is 1. The maximum Gasteiger partial charge on any atom is 0.222 e. The third kappa shape index (κ3) is 2.85. The summed E-state index contributed by atoms with van der Waals surface area (Å²) in [6.07, 6.45) is 0. The summed E-state index contributed by atoms with van der Waals surface area (Å²) in [6.45, 7) is 0. The fourth-order valence-electron chi connectivity index (χ4n) is 1.29. The Morgan fingerprint density at radius 3 is 2.76 bits per heavy atom. The molecule has 3 nitrogen and oxygen atoms in total. The Kier molecular flexibility index (Phi) is 3.44. The molecule has 1 N–H and O–H groups in total. The largest absolute Gasteiger partial charge is 0.504 e. The molecule has 0 saturated heterocycles. The minimum atomic E-state index is -0.639. The number of phenolic OH excluding ortho intramolecular Hbond substituents is 1. The molecule has 0 unspecified atom stereocenters. The summed E-state index contributed by atoms with van der Waals surface area (Å²) < 4.78 is 18.1. The smallest absolute Gasteiger partial charge is 0.222 e. The Balaban J connectivity index is 2.24. The van der Waals surface area contributed by atoms with E-state index >= 15 is 0 Å². The van der Waals surface area contributed by atoms with Gasteiger partial charge in [0.1, 0.15) is 0 Å². The molecule has 1 aromatic heterocycles. The first-order chi connectivity index (χ1) is 8.19. The SMILES string of the molecule is Oc1cc(CCl)ccc1Oc1cccc(F)n1. The van der Waals surface area contributed by atoms with E-state index in [0.29, 0.717) is 5.88 Å². The molecule has 0 aliphatic rings. The summed E-state index contributed by atoms with van der Waals surface area (Å²) in [6, 6.07) is 8.94. The zero-order valence-corrected chi connectivity index (χ0v) is 9.49. The first-order valence-electron chi connectivity index (χ1n) is 4.87. The molecule has 2 rings (SSSR count). The van der Waals surface area contributed by atoms with Crippen LogP contribution in [0.2, 0.25) is 0 Å². The van der Waals surface area contributed by atoms with Crippen LogP contribution < -0.4 is 4.74 Å². The van der Waals surface area contributed by atoms with Gasteiger partial charge >= 0.3 is 0 Å². The lowest BCUT2D eigenvalue weighted by Gasteiger charge is -2.07. The summed E-state index contributed by atoms with van der Waals surface area (Å²) in [7, 11) is 0. The second kappa shape index (κ2) is 5.01. The highest BCUT2D eigenvalue weighted by Gasteiger charge is 2.06. The first kappa shape index (κ1) is 11.7. The second-order valence-corrected chi connectivity index (χ2v) is 3.60. The van der Waals surface area contributed by atoms with E-state index in [1.165, 1.54) is 24.3 Å². The molecule has 0 bridgehead atoms. The van der Waals surface area contributed by atoms with E-state index in [1.807, 2.05) is 0 Å². The molecule has 0 aliphatic carbocycles. The number of alkyl halides is 1. The minimum Gasteiger partial charge on any atom is -0.504 e. The van der Waals surface area contributed by atoms with Gasteiger partial charge in [0.2, 0.25) is 11.8 Å². The van der Waals surface area contributed by atoms with Gasteiger partial charge in [-0.2, -0.15) is 9.37 Å². The van der Waals surface area contributed by atoms with E-state index < -0.39 is 5.95 Å². The van der Waals surface area contributed by atoms with Gasteiger partial charge in [-0.05, 0) is 23.8 Å². The number of ether oxygens (including phenoxy) is 1. The van der Waals surface area contributed by atoms with Crippen LogP contribution in [0.4, 0.5) is 4.39 Å². The third-order valence-electron chi connectivity index (χ3n) is 2.08. The standard InChI is InChI=1S/C12H9ClFNO2/c13-7-8-4-5-10(9(16)6-8)17-12-3-1-2-11(14)15-12/h1-6,16H,7H2. The summed E-state index contributed by atoms with van der Waals surface area (Å²) in [5, 5.41) is 9.65. The Labute approximate surface area is 102 Å². The van der Waals surface area contributed by atoms with Crippen LogP contribution in [0.3, 0.4) is 0 Å². The monoisotopic (exact) mass is 253 g/mol. The normalized spacial score (nSPS) is 10.2. The molecule has 0 aliphatic heterocycles. The van der Waals surface area contributed by atoms with Gasteiger partial charge in [0.25, 0.3) is 0 Å². The third-order valence-corrected chi connectivity index (χ3v) is 2.39. The molecule has 88 valence electrons. The highest BCUT2D eigenvalue weighted by atomic mass is 35.5. The average molecular weight is 254 g/mol. The van der Waals surface area contributed by atoms with Crippen molar-refractivity contribution in [2.24, 2.45) is 0 Å². The molecule has 1 heterocycles. The molecular weight excluding hydrogens is 245 g/mol. The first-order valence-corrected chi connectivity index (χ1v) is 5.41. The summed E-state index contributed by atoms with van der Waals surface area (Å²) in [5.74, 6) is -0.115. The Morgan fingerprint density at radius 2 is 2.12 bits per heavy atom. The van der Waals surface area contributed by atoms with Gasteiger partial charge in [0.15, 0.2) is 11.5 Å². The molecular formula is C12H9ClFNO2. The Morgan fingerprint density at radius 1 is 1.29 bits per heavy atom. The number of nitrogens with zero attached hydrogens (tertiary/aromatic N) is 1. The number of halogens is 2. The van der Waals surface area contributed by atoms with Crippen LogP contribution in [0, 0.1) is 5.95 Å². The number of phenols is 1. The molecule has 2 aromatic rings. The second-order valence-electron chi connectivity index (χ2n) is 3.34. The molecule has 0 fully saturated rings. The van der Waals surface area contributed by atoms with E-state index in [4.69, 9.17) is 16.3 Å². The molecule has 5 heteroatoms. The maximum atomic E-state index is 12.8. The number of rotatable bonds is 3. The van der Waals surface area contributed by atoms with Crippen molar-refractivity contribution in [2.45, 2.75) is 5.88 Å². The Bertz CT molecular complexity index is 534. The lowest BCUT2D eigenvalue weighted by atomic mass is 10.2. The lowest BCUT2D eigenvalue weighted by Crippen LogP contribution is -1.90. The van der Waals surface area contributed by atoms with Gasteiger partial charge in [0, 0.05) is 11.9 Å². The van der Waals surface area contributed by atoms with Crippen molar-refractivity contribution in [1.82, 2.24) is 4.98 Å². The van der Waals surface area contributed by atoms with E-state index in [9.17, 15) is 9.50 Å². The molecule has 0 atom stereocenters. The van der Waals surface area contributed by atoms with E-state index in [1.54, 1.807) is 12.1 Å². The molecule has 1 aromatic carbocycles. The van der Waals surface area contributed by atoms with Gasteiger partial charge in [-0.15, -0.1) is 11.6 Å². The van der Waals surface area contributed by atoms with Crippen molar-refractivity contribution in [3.63, 3.8) is 0 Å². The molecule has 0 saturated carbocycles. The van der Waals surface area contributed by atoms with Gasteiger partial charge in [0.05, 0.1) is 0 Å². The molecule has 0 spiro atoms. The number of aromatic nitrogens is 1. The quantitative estimate of drug-likeness (QED) is 0.673. The van der Waals surface area contributed by atoms with Crippen molar-refractivity contribution >= 4 is 11.6 Å². The van der Waals surface area contributed by atoms with Crippen molar-refractivity contribution in [3.05, 3.63) is 47.9 Å². The predicted molar refractivity (Wildman–Crippen MR) is 61.9 cm³/mol. The van der Waals surface area contributed by atoms with E-state index in [2.05, 4.69) is 4.98 Å². The zero-order chi connectivity index (χ0) is 12.3. The van der Waals surface area contributed by atoms with Crippen molar-refractivity contribution in [3.8, 4) is 17.4 Å². The number of aromatic hydroxyl groups is 1. The van der Waals surface area contributed by atoms with Gasteiger partial charge in [-0.1, -0.05) is 12.1 Å². The average Bonchev–Trinajstić information content (AvgIpc) is 2.32. The lowest BCUT2D eigenvalue weighted by molar-refractivity contribution is 0.396. The van der Waals surface area contributed by atoms with Crippen LogP contribution in [0.25, 0.3) is 0 Å². The maximum absolute atomic E-state index is 12.8. The van der Waals surface area contributed by atoms with Crippen LogP contribution in [0.5, 0.6) is 17.4 Å². The van der Waals surface area contributed by atoms with Crippen LogP contribution >= 0.6 is 11.6 Å². The highest BCUT2D eigenvalue weighted by molar-refractivity contribution is 6.17. The van der Waals surface area contributed by atoms with Gasteiger partial charge in [-0.3, -0.25) is 0 Å². The predicted octanol–water partition coefficient (Wildman–Crippen LogP) is 3.46. The van der Waals surface area contributed by atoms with Crippen molar-refractivity contribution < 1.29 is 14.2 Å². The van der Waals surface area contributed by atoms with Crippen LogP contribution in [0.15, 0.2) is 36.4 Å². The number of pyridine rings is 1. The molecule has 0 radical (unpaired) electrons. The van der Waals surface area contributed by atoms with Crippen molar-refractivity contribution in [1.29, 1.82) is 0 Å². The highest BCUT2D eigenvalue weighted by Crippen LogP contribution is 2.30. The van der Waals surface area contributed by atoms with Crippen molar-refractivity contribution in [2.75, 3.05) is 0 Å². The van der Waals surface area contributed by atoms with Crippen LogP contribution in [-0.2, 0) is 5.88 Å². The molecule has 17 heavy (non-hydrogen) atoms. The fraction of sp³-hybridized carbons (Fsp3) is 0.0833. The topological polar surface area (TPSA) is 42.4 Å². The van der Waals surface area contributed by atoms with E-state index in [0.717, 1.165) is 5.56 Å². The number of benzene rings is 1. The molecule has 0 amide bonds. The summed E-state index contributed by atoms with van der Waals surface area (Å²) in [5.41, 5.74) is 0.767. The zero-order valence-electron chi connectivity index (χ0n) is 8.73. The van der Waals surface area contributed by atoms with Gasteiger partial charge in [-0.25, -0.2) is 0 Å². The minimum absolute atomic E-state index is 0.0609. The number of hydrogen-bond acceptors (Lipinski definition) is 3. The van der Waals surface area contributed by atoms with E-state index in [-0.39, 0.29) is 17.4 Å². The summed E-state index contributed by atoms with van der Waals surface area (Å²) in [4.78, 5) is 3.53.